The second-order valence-corrected chi connectivity index (χ2v) is 7.17. The first-order valence-corrected chi connectivity index (χ1v) is 9.39. The van der Waals surface area contributed by atoms with Gasteiger partial charge in [0, 0.05) is 17.5 Å². The van der Waals surface area contributed by atoms with Crippen molar-refractivity contribution in [2.24, 2.45) is 0 Å². The fraction of sp³-hybridized carbons (Fsp3) is 0.500. The topological polar surface area (TPSA) is 112 Å². The molecule has 0 saturated carbocycles. The van der Waals surface area contributed by atoms with E-state index < -0.39 is 48.6 Å². The van der Waals surface area contributed by atoms with Crippen LogP contribution in [-0.4, -0.2) is 73.7 Å². The largest absolute Gasteiger partial charge is 0.496 e. The van der Waals surface area contributed by atoms with Crippen molar-refractivity contribution in [1.29, 1.82) is 0 Å². The van der Waals surface area contributed by atoms with Crippen molar-refractivity contribution in [3.8, 4) is 11.5 Å². The maximum atomic E-state index is 13.2. The maximum absolute atomic E-state index is 13.2. The van der Waals surface area contributed by atoms with E-state index in [9.17, 15) is 19.2 Å². The van der Waals surface area contributed by atoms with E-state index >= 15 is 0 Å². The number of hydrogen-bond acceptors (Lipinski definition) is 8. The number of piperazine rings is 1. The Morgan fingerprint density at radius 2 is 1.70 bits per heavy atom. The summed E-state index contributed by atoms with van der Waals surface area (Å²) in [5.74, 6) is -1.15. The van der Waals surface area contributed by atoms with Crippen molar-refractivity contribution in [3.63, 3.8) is 0 Å². The van der Waals surface area contributed by atoms with E-state index in [2.05, 4.69) is 0 Å². The molecule has 10 heteroatoms. The van der Waals surface area contributed by atoms with Crippen molar-refractivity contribution in [2.75, 3.05) is 27.9 Å². The normalized spacial score (nSPS) is 20.5. The van der Waals surface area contributed by atoms with Crippen LogP contribution in [0.1, 0.15) is 31.0 Å². The SMILES string of the molecule is COC(=O)[C@@H]1c2c(OC)ccc(OC)c2C[C@H]2C(=O)N(C(=O)OC(C)C)CC(=O)N12. The van der Waals surface area contributed by atoms with E-state index in [-0.39, 0.29) is 6.42 Å². The standard InChI is InChI=1S/C20H24N2O8/c1-10(2)30-20(26)21-9-15(23)22-12(18(21)24)8-11-13(27-3)6-7-14(28-4)16(11)17(22)19(25)29-5/h6-7,10,12,17H,8-9H2,1-5H3/t12-,17-/m0/s1. The zero-order valence-electron chi connectivity index (χ0n) is 17.5. The fourth-order valence-electron chi connectivity index (χ4n) is 3.88. The van der Waals surface area contributed by atoms with Gasteiger partial charge in [0.15, 0.2) is 6.04 Å². The molecule has 2 heterocycles. The van der Waals surface area contributed by atoms with E-state index in [0.29, 0.717) is 22.6 Å². The van der Waals surface area contributed by atoms with Gasteiger partial charge in [-0.3, -0.25) is 9.59 Å². The van der Waals surface area contributed by atoms with Gasteiger partial charge in [0.1, 0.15) is 24.1 Å². The molecule has 3 rings (SSSR count). The molecule has 0 unspecified atom stereocenters. The monoisotopic (exact) mass is 420 g/mol. The number of esters is 1. The molecular weight excluding hydrogens is 396 g/mol. The Kier molecular flexibility index (Phi) is 5.86. The summed E-state index contributed by atoms with van der Waals surface area (Å²) in [6.45, 7) is 2.75. The number of carbonyl (C=O) groups is 4. The van der Waals surface area contributed by atoms with Crippen LogP contribution in [0, 0.1) is 0 Å². The van der Waals surface area contributed by atoms with E-state index in [1.165, 1.54) is 21.3 Å². The second-order valence-electron chi connectivity index (χ2n) is 7.17. The summed E-state index contributed by atoms with van der Waals surface area (Å²) in [6, 6.07) is 0.968. The highest BCUT2D eigenvalue weighted by molar-refractivity contribution is 6.05. The number of fused-ring (bicyclic) bond motifs is 2. The van der Waals surface area contributed by atoms with Gasteiger partial charge in [-0.15, -0.1) is 0 Å². The number of rotatable bonds is 4. The predicted octanol–water partition coefficient (Wildman–Crippen LogP) is 1.06. The minimum absolute atomic E-state index is 0.0409. The molecule has 2 aliphatic heterocycles. The Bertz CT molecular complexity index is 897. The molecule has 1 aromatic carbocycles. The first-order chi connectivity index (χ1) is 14.2. The van der Waals surface area contributed by atoms with Crippen LogP contribution in [0.2, 0.25) is 0 Å². The van der Waals surface area contributed by atoms with Gasteiger partial charge in [-0.1, -0.05) is 0 Å². The van der Waals surface area contributed by atoms with Crippen molar-refractivity contribution < 1.29 is 38.1 Å². The molecule has 1 saturated heterocycles. The quantitative estimate of drug-likeness (QED) is 0.665. The summed E-state index contributed by atoms with van der Waals surface area (Å²) in [4.78, 5) is 53.2. The average molecular weight is 420 g/mol. The molecule has 10 nitrogen and oxygen atoms in total. The Morgan fingerprint density at radius 1 is 1.07 bits per heavy atom. The van der Waals surface area contributed by atoms with E-state index in [0.717, 1.165) is 9.80 Å². The molecule has 3 amide bonds. The summed E-state index contributed by atoms with van der Waals surface area (Å²) < 4.78 is 20.9. The first kappa shape index (κ1) is 21.4. The van der Waals surface area contributed by atoms with Crippen LogP contribution in [-0.2, 0) is 30.3 Å². The Balaban J connectivity index is 2.14. The highest BCUT2D eigenvalue weighted by atomic mass is 16.6. The third kappa shape index (κ3) is 3.42. The van der Waals surface area contributed by atoms with Gasteiger partial charge in [0.05, 0.1) is 27.4 Å². The lowest BCUT2D eigenvalue weighted by Crippen LogP contribution is -2.65. The second kappa shape index (κ2) is 8.21. The fourth-order valence-corrected chi connectivity index (χ4v) is 3.88. The molecular formula is C20H24N2O8. The molecule has 1 fully saturated rings. The zero-order valence-corrected chi connectivity index (χ0v) is 17.5. The number of hydrogen-bond donors (Lipinski definition) is 0. The average Bonchev–Trinajstić information content (AvgIpc) is 2.72. The molecule has 0 bridgehead atoms. The molecule has 162 valence electrons. The van der Waals surface area contributed by atoms with Crippen molar-refractivity contribution >= 4 is 23.9 Å². The van der Waals surface area contributed by atoms with Gasteiger partial charge in [0.2, 0.25) is 5.91 Å². The zero-order chi connectivity index (χ0) is 22.2. The highest BCUT2D eigenvalue weighted by Crippen LogP contribution is 2.45. The summed E-state index contributed by atoms with van der Waals surface area (Å²) in [6.07, 6.45) is -1.32. The van der Waals surface area contributed by atoms with Crippen molar-refractivity contribution in [2.45, 2.75) is 38.5 Å². The van der Waals surface area contributed by atoms with Gasteiger partial charge in [-0.05, 0) is 26.0 Å². The minimum Gasteiger partial charge on any atom is -0.496 e. The van der Waals surface area contributed by atoms with Crippen LogP contribution in [0.5, 0.6) is 11.5 Å². The van der Waals surface area contributed by atoms with Crippen LogP contribution < -0.4 is 9.47 Å². The van der Waals surface area contributed by atoms with Gasteiger partial charge >= 0.3 is 12.1 Å². The molecule has 0 N–H and O–H groups in total. The van der Waals surface area contributed by atoms with E-state index in [1.54, 1.807) is 26.0 Å². The number of carbonyl (C=O) groups excluding carboxylic acids is 4. The highest BCUT2D eigenvalue weighted by Gasteiger charge is 2.52. The van der Waals surface area contributed by atoms with Crippen LogP contribution in [0.3, 0.4) is 0 Å². The minimum atomic E-state index is -1.21. The molecule has 30 heavy (non-hydrogen) atoms. The Labute approximate surface area is 173 Å². The Hall–Kier alpha value is -3.30. The van der Waals surface area contributed by atoms with Crippen molar-refractivity contribution in [1.82, 2.24) is 9.80 Å². The molecule has 0 aliphatic carbocycles. The van der Waals surface area contributed by atoms with Crippen LogP contribution in [0.25, 0.3) is 0 Å². The number of amides is 3. The summed E-state index contributed by atoms with van der Waals surface area (Å²) in [5.41, 5.74) is 0.938. The molecule has 0 aromatic heterocycles. The lowest BCUT2D eigenvalue weighted by atomic mass is 9.84. The first-order valence-electron chi connectivity index (χ1n) is 9.39. The number of benzene rings is 1. The van der Waals surface area contributed by atoms with E-state index in [4.69, 9.17) is 18.9 Å². The third-order valence-corrected chi connectivity index (χ3v) is 5.11. The number of imide groups is 1. The molecule has 1 aromatic rings. The summed E-state index contributed by atoms with van der Waals surface area (Å²) in [7, 11) is 4.10. The smallest absolute Gasteiger partial charge is 0.417 e. The maximum Gasteiger partial charge on any atom is 0.417 e. The Morgan fingerprint density at radius 3 is 2.27 bits per heavy atom. The van der Waals surface area contributed by atoms with Gasteiger partial charge in [0.25, 0.3) is 5.91 Å². The van der Waals surface area contributed by atoms with Crippen LogP contribution in [0.4, 0.5) is 4.79 Å². The molecule has 2 atom stereocenters. The third-order valence-electron chi connectivity index (χ3n) is 5.11. The lowest BCUT2D eigenvalue weighted by Gasteiger charge is -2.46. The van der Waals surface area contributed by atoms with Crippen LogP contribution in [0.15, 0.2) is 12.1 Å². The molecule has 2 aliphatic rings. The molecule has 0 radical (unpaired) electrons. The van der Waals surface area contributed by atoms with E-state index in [1.807, 2.05) is 0 Å². The summed E-state index contributed by atoms with van der Waals surface area (Å²) >= 11 is 0. The number of nitrogens with zero attached hydrogens (tertiary/aromatic N) is 2. The predicted molar refractivity (Wildman–Crippen MR) is 102 cm³/mol. The summed E-state index contributed by atoms with van der Waals surface area (Å²) in [5, 5.41) is 0. The lowest BCUT2D eigenvalue weighted by molar-refractivity contribution is -0.166. The van der Waals surface area contributed by atoms with Gasteiger partial charge < -0.3 is 23.8 Å². The molecule has 0 spiro atoms. The number of ether oxygens (including phenoxy) is 4. The van der Waals surface area contributed by atoms with Gasteiger partial charge in [-0.25, -0.2) is 14.5 Å². The van der Waals surface area contributed by atoms with Crippen molar-refractivity contribution in [3.05, 3.63) is 23.3 Å². The van der Waals surface area contributed by atoms with Gasteiger partial charge in [-0.2, -0.15) is 0 Å². The number of methoxy groups -OCH3 is 3. The van der Waals surface area contributed by atoms with Crippen LogP contribution >= 0.6 is 0 Å².